The number of unbranched alkanes of at least 4 members (excludes halogenated alkanes) is 2. The summed E-state index contributed by atoms with van der Waals surface area (Å²) in [6.45, 7) is 8.16. The quantitative estimate of drug-likeness (QED) is 0.353. The van der Waals surface area contributed by atoms with Crippen molar-refractivity contribution in [2.24, 2.45) is 11.8 Å². The molecule has 0 amide bonds. The standard InChI is InChI=1S/C27H40O7/c1-5-6-7-8-16-12-20(32-26-18(14-28)23(29)24(30)25(31)33-26)22-17-11-15(2)9-10-19(17)27(3,4)34-21(22)13-16/h11-13,17-19,23-26,28-31H,5-10,14H2,1-4H3/t17?,18-,19?,23-,24+,25+,26+/m1/s1. The van der Waals surface area contributed by atoms with Gasteiger partial charge in [0.25, 0.3) is 0 Å². The zero-order valence-corrected chi connectivity index (χ0v) is 20.7. The molecule has 0 saturated carbocycles. The van der Waals surface area contributed by atoms with E-state index in [2.05, 4.69) is 39.8 Å². The lowest BCUT2D eigenvalue weighted by molar-refractivity contribution is -0.313. The van der Waals surface area contributed by atoms with E-state index in [9.17, 15) is 20.4 Å². The molecule has 1 aliphatic carbocycles. The largest absolute Gasteiger partial charge is 0.487 e. The fraction of sp³-hybridized carbons (Fsp3) is 0.704. The molecule has 3 aliphatic rings. The Hall–Kier alpha value is -1.64. The third-order valence-electron chi connectivity index (χ3n) is 7.74. The molecule has 1 saturated heterocycles. The van der Waals surface area contributed by atoms with Crippen LogP contribution in [0.4, 0.5) is 0 Å². The highest BCUT2D eigenvalue weighted by molar-refractivity contribution is 5.54. The number of benzene rings is 1. The maximum Gasteiger partial charge on any atom is 0.210 e. The van der Waals surface area contributed by atoms with Gasteiger partial charge in [0, 0.05) is 17.4 Å². The molecule has 4 N–H and O–H groups in total. The van der Waals surface area contributed by atoms with Gasteiger partial charge in [0.05, 0.1) is 18.6 Å². The number of hydrogen-bond donors (Lipinski definition) is 4. The average molecular weight is 477 g/mol. The van der Waals surface area contributed by atoms with Crippen molar-refractivity contribution in [1.82, 2.24) is 0 Å². The van der Waals surface area contributed by atoms with E-state index in [1.54, 1.807) is 0 Å². The van der Waals surface area contributed by atoms with Crippen molar-refractivity contribution >= 4 is 0 Å². The summed E-state index contributed by atoms with van der Waals surface area (Å²) in [5.41, 5.74) is 3.03. The molecular weight excluding hydrogens is 436 g/mol. The minimum absolute atomic E-state index is 0.101. The third-order valence-corrected chi connectivity index (χ3v) is 7.74. The Morgan fingerprint density at radius 1 is 1.12 bits per heavy atom. The van der Waals surface area contributed by atoms with Gasteiger partial charge in [-0.15, -0.1) is 0 Å². The Morgan fingerprint density at radius 2 is 1.88 bits per heavy atom. The lowest BCUT2D eigenvalue weighted by atomic mass is 9.68. The van der Waals surface area contributed by atoms with Crippen molar-refractivity contribution in [3.05, 3.63) is 34.9 Å². The molecular formula is C27H40O7. The Kier molecular flexibility index (Phi) is 7.60. The maximum atomic E-state index is 10.4. The highest BCUT2D eigenvalue weighted by atomic mass is 16.7. The van der Waals surface area contributed by atoms with Crippen LogP contribution in [0, 0.1) is 11.8 Å². The number of fused-ring (bicyclic) bond motifs is 3. The monoisotopic (exact) mass is 476 g/mol. The molecule has 1 aromatic carbocycles. The third kappa shape index (κ3) is 4.86. The molecule has 2 aliphatic heterocycles. The lowest BCUT2D eigenvalue weighted by Gasteiger charge is -2.47. The zero-order valence-electron chi connectivity index (χ0n) is 20.7. The second-order valence-corrected chi connectivity index (χ2v) is 10.7. The number of aliphatic hydroxyl groups excluding tert-OH is 4. The van der Waals surface area contributed by atoms with Crippen LogP contribution in [-0.2, 0) is 11.2 Å². The summed E-state index contributed by atoms with van der Waals surface area (Å²) < 4.78 is 18.4. The van der Waals surface area contributed by atoms with Crippen LogP contribution >= 0.6 is 0 Å². The van der Waals surface area contributed by atoms with Crippen molar-refractivity contribution in [2.45, 2.75) is 103 Å². The van der Waals surface area contributed by atoms with Crippen LogP contribution in [0.3, 0.4) is 0 Å². The maximum absolute atomic E-state index is 10.4. The summed E-state index contributed by atoms with van der Waals surface area (Å²) >= 11 is 0. The van der Waals surface area contributed by atoms with E-state index in [0.29, 0.717) is 5.75 Å². The van der Waals surface area contributed by atoms with Gasteiger partial charge in [-0.1, -0.05) is 31.4 Å². The molecule has 0 bridgehead atoms. The van der Waals surface area contributed by atoms with E-state index in [1.165, 1.54) is 5.57 Å². The molecule has 7 nitrogen and oxygen atoms in total. The van der Waals surface area contributed by atoms with Crippen LogP contribution in [0.1, 0.15) is 76.8 Å². The summed E-state index contributed by atoms with van der Waals surface area (Å²) in [5, 5.41) is 40.4. The first-order valence-corrected chi connectivity index (χ1v) is 12.7. The molecule has 4 rings (SSSR count). The predicted molar refractivity (Wildman–Crippen MR) is 128 cm³/mol. The summed E-state index contributed by atoms with van der Waals surface area (Å²) in [6.07, 6.45) is 2.92. The minimum Gasteiger partial charge on any atom is -0.487 e. The van der Waals surface area contributed by atoms with Gasteiger partial charge in [-0.3, -0.25) is 0 Å². The van der Waals surface area contributed by atoms with Crippen LogP contribution in [0.25, 0.3) is 0 Å². The average Bonchev–Trinajstić information content (AvgIpc) is 2.77. The van der Waals surface area contributed by atoms with E-state index >= 15 is 0 Å². The molecule has 0 aromatic heterocycles. The first-order chi connectivity index (χ1) is 16.2. The predicted octanol–water partition coefficient (Wildman–Crippen LogP) is 3.41. The van der Waals surface area contributed by atoms with Gasteiger partial charge in [-0.05, 0) is 64.2 Å². The Bertz CT molecular complexity index is 895. The van der Waals surface area contributed by atoms with Gasteiger partial charge >= 0.3 is 0 Å². The Morgan fingerprint density at radius 3 is 2.59 bits per heavy atom. The number of ether oxygens (including phenoxy) is 3. The number of aliphatic hydroxyl groups is 4. The smallest absolute Gasteiger partial charge is 0.210 e. The number of allylic oxidation sites excluding steroid dienone is 2. The zero-order chi connectivity index (χ0) is 24.6. The SMILES string of the molecule is CCCCCc1cc(O[C@H]2O[C@H](O)[C@@H](O)[C@H](O)[C@H]2CO)c2c(c1)OC(C)(C)C1CCC(C)=CC21. The van der Waals surface area contributed by atoms with Crippen LogP contribution in [0.2, 0.25) is 0 Å². The highest BCUT2D eigenvalue weighted by Gasteiger charge is 2.48. The van der Waals surface area contributed by atoms with Crippen molar-refractivity contribution in [3.8, 4) is 11.5 Å². The van der Waals surface area contributed by atoms with E-state index < -0.39 is 37.3 Å². The van der Waals surface area contributed by atoms with Crippen molar-refractivity contribution in [3.63, 3.8) is 0 Å². The molecule has 7 heteroatoms. The van der Waals surface area contributed by atoms with Gasteiger partial charge in [0.2, 0.25) is 6.29 Å². The number of aryl methyl sites for hydroxylation is 1. The van der Waals surface area contributed by atoms with E-state index in [1.807, 2.05) is 6.07 Å². The molecule has 2 heterocycles. The fourth-order valence-electron chi connectivity index (χ4n) is 5.72. The summed E-state index contributed by atoms with van der Waals surface area (Å²) in [7, 11) is 0. The number of rotatable bonds is 7. The molecule has 0 radical (unpaired) electrons. The molecule has 34 heavy (non-hydrogen) atoms. The summed E-state index contributed by atoms with van der Waals surface area (Å²) in [6, 6.07) is 4.12. The molecule has 0 spiro atoms. The first kappa shape index (κ1) is 25.5. The molecule has 1 fully saturated rings. The fourth-order valence-corrected chi connectivity index (χ4v) is 5.72. The van der Waals surface area contributed by atoms with Crippen molar-refractivity contribution in [1.29, 1.82) is 0 Å². The van der Waals surface area contributed by atoms with E-state index in [-0.39, 0.29) is 17.4 Å². The van der Waals surface area contributed by atoms with Crippen LogP contribution in [0.15, 0.2) is 23.8 Å². The van der Waals surface area contributed by atoms with Crippen molar-refractivity contribution in [2.75, 3.05) is 6.61 Å². The molecule has 190 valence electrons. The lowest BCUT2D eigenvalue weighted by Crippen LogP contribution is -2.57. The number of hydrogen-bond acceptors (Lipinski definition) is 7. The normalized spacial score (nSPS) is 34.5. The summed E-state index contributed by atoms with van der Waals surface area (Å²) in [5.74, 6) is 0.844. The van der Waals surface area contributed by atoms with Gasteiger partial charge in [-0.25, -0.2) is 0 Å². The molecule has 1 aromatic rings. The van der Waals surface area contributed by atoms with Crippen LogP contribution in [0.5, 0.6) is 11.5 Å². The van der Waals surface area contributed by atoms with Gasteiger partial charge in [0.1, 0.15) is 23.2 Å². The second-order valence-electron chi connectivity index (χ2n) is 10.7. The van der Waals surface area contributed by atoms with Gasteiger partial charge in [0.15, 0.2) is 6.29 Å². The van der Waals surface area contributed by atoms with Gasteiger partial charge in [-0.2, -0.15) is 0 Å². The molecule has 2 unspecified atom stereocenters. The minimum atomic E-state index is -1.61. The highest BCUT2D eigenvalue weighted by Crippen LogP contribution is 2.54. The topological polar surface area (TPSA) is 109 Å². The van der Waals surface area contributed by atoms with E-state index in [4.69, 9.17) is 14.2 Å². The van der Waals surface area contributed by atoms with Crippen molar-refractivity contribution < 1.29 is 34.6 Å². The van der Waals surface area contributed by atoms with Crippen LogP contribution < -0.4 is 9.47 Å². The Labute approximate surface area is 202 Å². The van der Waals surface area contributed by atoms with E-state index in [0.717, 1.165) is 55.4 Å². The summed E-state index contributed by atoms with van der Waals surface area (Å²) in [4.78, 5) is 0. The van der Waals surface area contributed by atoms with Gasteiger partial charge < -0.3 is 34.6 Å². The first-order valence-electron chi connectivity index (χ1n) is 12.7. The molecule has 7 atom stereocenters. The van der Waals surface area contributed by atoms with Crippen LogP contribution in [-0.4, -0.2) is 57.4 Å². The Balaban J connectivity index is 1.76. The second kappa shape index (κ2) is 10.2.